The van der Waals surface area contributed by atoms with Crippen LogP contribution in [0.3, 0.4) is 0 Å². The van der Waals surface area contributed by atoms with Gasteiger partial charge in [-0.3, -0.25) is 9.69 Å². The van der Waals surface area contributed by atoms with Gasteiger partial charge in [0, 0.05) is 23.7 Å². The number of aromatic amines is 1. The van der Waals surface area contributed by atoms with Gasteiger partial charge in [0.15, 0.2) is 5.82 Å². The second-order valence-corrected chi connectivity index (χ2v) is 10.2. The van der Waals surface area contributed by atoms with E-state index < -0.39 is 0 Å². The van der Waals surface area contributed by atoms with Crippen molar-refractivity contribution in [2.75, 3.05) is 0 Å². The molecule has 172 valence electrons. The van der Waals surface area contributed by atoms with E-state index in [1.807, 2.05) is 16.8 Å². The minimum atomic E-state index is -0.206. The molecule has 3 aromatic rings. The number of aromatic nitrogens is 5. The first-order valence-electron chi connectivity index (χ1n) is 11.9. The quantitative estimate of drug-likeness (QED) is 0.597. The van der Waals surface area contributed by atoms with Gasteiger partial charge in [-0.25, -0.2) is 4.68 Å². The lowest BCUT2D eigenvalue weighted by Gasteiger charge is -2.39. The van der Waals surface area contributed by atoms with E-state index >= 15 is 0 Å². The molecule has 1 aromatic carbocycles. The van der Waals surface area contributed by atoms with Gasteiger partial charge in [0.05, 0.1) is 11.6 Å². The summed E-state index contributed by atoms with van der Waals surface area (Å²) in [4.78, 5) is 18.6. The molecule has 1 aliphatic carbocycles. The van der Waals surface area contributed by atoms with Gasteiger partial charge < -0.3 is 4.98 Å². The van der Waals surface area contributed by atoms with Gasteiger partial charge in [-0.1, -0.05) is 37.8 Å². The molecule has 1 atom stereocenters. The van der Waals surface area contributed by atoms with Gasteiger partial charge in [0.1, 0.15) is 0 Å². The molecule has 0 amide bonds. The molecule has 32 heavy (non-hydrogen) atoms. The first-order chi connectivity index (χ1) is 15.3. The third-order valence-electron chi connectivity index (χ3n) is 6.69. The predicted molar refractivity (Wildman–Crippen MR) is 128 cm³/mol. The van der Waals surface area contributed by atoms with Crippen molar-refractivity contribution in [1.82, 2.24) is 30.1 Å². The van der Waals surface area contributed by atoms with Crippen LogP contribution in [0.1, 0.15) is 89.2 Å². The zero-order valence-corrected chi connectivity index (χ0v) is 20.1. The third-order valence-corrected chi connectivity index (χ3v) is 6.69. The summed E-state index contributed by atoms with van der Waals surface area (Å²) in [7, 11) is 0. The van der Waals surface area contributed by atoms with E-state index in [2.05, 4.69) is 72.2 Å². The molecule has 1 fully saturated rings. The van der Waals surface area contributed by atoms with Gasteiger partial charge in [0.25, 0.3) is 5.56 Å². The van der Waals surface area contributed by atoms with Crippen LogP contribution in [0.25, 0.3) is 10.9 Å². The Bertz CT molecular complexity index is 1120. The van der Waals surface area contributed by atoms with Crippen LogP contribution in [0.2, 0.25) is 0 Å². The SMILES string of the molecule is CC[C@@H](c1nnnn1C(C)(C)C)N(Cc1cc2cc(C)ccc2[nH]c1=O)C1CCCCC1. The van der Waals surface area contributed by atoms with E-state index in [0.717, 1.165) is 41.6 Å². The van der Waals surface area contributed by atoms with Crippen molar-refractivity contribution in [2.24, 2.45) is 0 Å². The zero-order valence-electron chi connectivity index (χ0n) is 20.1. The van der Waals surface area contributed by atoms with Gasteiger partial charge in [-0.2, -0.15) is 0 Å². The highest BCUT2D eigenvalue weighted by Crippen LogP contribution is 2.34. The molecule has 0 radical (unpaired) electrons. The van der Waals surface area contributed by atoms with E-state index in [1.165, 1.54) is 24.8 Å². The number of hydrogen-bond acceptors (Lipinski definition) is 5. The molecule has 0 saturated heterocycles. The monoisotopic (exact) mass is 436 g/mol. The Kier molecular flexibility index (Phi) is 6.47. The number of pyridine rings is 1. The number of rotatable bonds is 6. The van der Waals surface area contributed by atoms with Crippen molar-refractivity contribution < 1.29 is 0 Å². The molecule has 7 heteroatoms. The number of nitrogens with one attached hydrogen (secondary N) is 1. The first-order valence-corrected chi connectivity index (χ1v) is 11.9. The predicted octanol–water partition coefficient (Wildman–Crippen LogP) is 4.86. The molecule has 0 bridgehead atoms. The van der Waals surface area contributed by atoms with Crippen LogP contribution in [0.4, 0.5) is 0 Å². The van der Waals surface area contributed by atoms with Crippen molar-refractivity contribution in [1.29, 1.82) is 0 Å². The normalized spacial score (nSPS) is 16.7. The fourth-order valence-corrected chi connectivity index (χ4v) is 5.04. The average Bonchev–Trinajstić information content (AvgIpc) is 3.25. The van der Waals surface area contributed by atoms with Gasteiger partial charge in [-0.15, -0.1) is 5.10 Å². The van der Waals surface area contributed by atoms with Crippen LogP contribution in [-0.2, 0) is 12.1 Å². The molecule has 0 spiro atoms. The molecular formula is C25H36N6O. The van der Waals surface area contributed by atoms with Gasteiger partial charge in [-0.05, 0) is 81.0 Å². The number of hydrogen-bond donors (Lipinski definition) is 1. The molecule has 2 heterocycles. The summed E-state index contributed by atoms with van der Waals surface area (Å²) < 4.78 is 1.95. The molecule has 0 unspecified atom stereocenters. The number of fused-ring (bicyclic) bond motifs is 1. The molecule has 2 aromatic heterocycles. The van der Waals surface area contributed by atoms with E-state index in [1.54, 1.807) is 0 Å². The van der Waals surface area contributed by atoms with E-state index in [4.69, 9.17) is 0 Å². The van der Waals surface area contributed by atoms with Crippen molar-refractivity contribution in [2.45, 2.75) is 97.3 Å². The summed E-state index contributed by atoms with van der Waals surface area (Å²) in [5.41, 5.74) is 2.67. The molecule has 0 aliphatic heterocycles. The first kappa shape index (κ1) is 22.6. The molecular weight excluding hydrogens is 400 g/mol. The molecule has 7 nitrogen and oxygen atoms in total. The Morgan fingerprint density at radius 2 is 1.94 bits per heavy atom. The minimum Gasteiger partial charge on any atom is -0.322 e. The Balaban J connectivity index is 1.76. The van der Waals surface area contributed by atoms with Crippen LogP contribution in [0.15, 0.2) is 29.1 Å². The maximum absolute atomic E-state index is 13.0. The van der Waals surface area contributed by atoms with Crippen molar-refractivity contribution in [3.8, 4) is 0 Å². The Labute approximate surface area is 190 Å². The lowest BCUT2D eigenvalue weighted by Crippen LogP contribution is -2.42. The smallest absolute Gasteiger partial charge is 0.252 e. The molecule has 1 saturated carbocycles. The van der Waals surface area contributed by atoms with E-state index in [-0.39, 0.29) is 17.1 Å². The number of nitrogens with zero attached hydrogens (tertiary/aromatic N) is 5. The minimum absolute atomic E-state index is 0.00701. The summed E-state index contributed by atoms with van der Waals surface area (Å²) in [6, 6.07) is 8.70. The van der Waals surface area contributed by atoms with Crippen LogP contribution in [0, 0.1) is 6.92 Å². The van der Waals surface area contributed by atoms with Crippen LogP contribution in [-0.4, -0.2) is 36.1 Å². The Morgan fingerprint density at radius 1 is 1.19 bits per heavy atom. The van der Waals surface area contributed by atoms with Crippen LogP contribution >= 0.6 is 0 Å². The maximum atomic E-state index is 13.0. The lowest BCUT2D eigenvalue weighted by molar-refractivity contribution is 0.0810. The van der Waals surface area contributed by atoms with Crippen LogP contribution in [0.5, 0.6) is 0 Å². The number of benzene rings is 1. The second-order valence-electron chi connectivity index (χ2n) is 10.2. The average molecular weight is 437 g/mol. The van der Waals surface area contributed by atoms with Gasteiger partial charge >= 0.3 is 0 Å². The summed E-state index contributed by atoms with van der Waals surface area (Å²) >= 11 is 0. The molecule has 1 N–H and O–H groups in total. The van der Waals surface area contributed by atoms with Crippen molar-refractivity contribution >= 4 is 10.9 Å². The molecule has 4 rings (SSSR count). The number of aryl methyl sites for hydroxylation is 1. The van der Waals surface area contributed by atoms with Crippen molar-refractivity contribution in [3.05, 3.63) is 51.6 Å². The fraction of sp³-hybridized carbons (Fsp3) is 0.600. The maximum Gasteiger partial charge on any atom is 0.252 e. The summed E-state index contributed by atoms with van der Waals surface area (Å²) in [6.07, 6.45) is 6.94. The Morgan fingerprint density at radius 3 is 2.62 bits per heavy atom. The Hall–Kier alpha value is -2.54. The lowest BCUT2D eigenvalue weighted by atomic mass is 9.92. The fourth-order valence-electron chi connectivity index (χ4n) is 5.04. The topological polar surface area (TPSA) is 79.7 Å². The number of H-pyrrole nitrogens is 1. The van der Waals surface area contributed by atoms with E-state index in [0.29, 0.717) is 12.6 Å². The third kappa shape index (κ3) is 4.63. The van der Waals surface area contributed by atoms with Crippen LogP contribution < -0.4 is 5.56 Å². The summed E-state index contributed by atoms with van der Waals surface area (Å²) in [5.74, 6) is 0.888. The highest BCUT2D eigenvalue weighted by molar-refractivity contribution is 5.79. The van der Waals surface area contributed by atoms with Crippen molar-refractivity contribution in [3.63, 3.8) is 0 Å². The largest absolute Gasteiger partial charge is 0.322 e. The summed E-state index contributed by atoms with van der Waals surface area (Å²) in [6.45, 7) is 11.2. The molecule has 1 aliphatic rings. The second kappa shape index (κ2) is 9.14. The van der Waals surface area contributed by atoms with E-state index in [9.17, 15) is 4.79 Å². The standard InChI is InChI=1S/C25H36N6O/c1-6-22(23-27-28-29-31(23)25(3,4)5)30(20-10-8-7-9-11-20)16-19-15-18-14-17(2)12-13-21(18)26-24(19)32/h12-15,20,22H,6-11,16H2,1-5H3,(H,26,32)/t22-/m0/s1. The highest BCUT2D eigenvalue weighted by Gasteiger charge is 2.33. The zero-order chi connectivity index (χ0) is 22.9. The number of tetrazole rings is 1. The van der Waals surface area contributed by atoms with Gasteiger partial charge in [0.2, 0.25) is 0 Å². The summed E-state index contributed by atoms with van der Waals surface area (Å²) in [5, 5.41) is 13.9. The highest BCUT2D eigenvalue weighted by atomic mass is 16.1.